The molecule has 0 saturated heterocycles. The largest absolute Gasteiger partial charge is 0.480 e. The highest BCUT2D eigenvalue weighted by Gasteiger charge is 2.30. The summed E-state index contributed by atoms with van der Waals surface area (Å²) < 4.78 is 0. The third-order valence-electron chi connectivity index (χ3n) is 6.72. The number of unbranched alkanes of at least 4 members (excludes halogenated alkanes) is 1. The maximum atomic E-state index is 13.5. The molecule has 12 heteroatoms. The van der Waals surface area contributed by atoms with Crippen molar-refractivity contribution in [3.05, 3.63) is 90.0 Å². The Bertz CT molecular complexity index is 1270. The van der Waals surface area contributed by atoms with Crippen LogP contribution in [0.5, 0.6) is 0 Å². The van der Waals surface area contributed by atoms with Crippen molar-refractivity contribution in [3.63, 3.8) is 0 Å². The molecule has 0 spiro atoms. The summed E-state index contributed by atoms with van der Waals surface area (Å²) in [5, 5.41) is 17.7. The first-order chi connectivity index (χ1) is 20.3. The molecule has 9 N–H and O–H groups in total. The number of imidazole rings is 1. The van der Waals surface area contributed by atoms with E-state index < -0.39 is 47.9 Å². The first-order valence-electron chi connectivity index (χ1n) is 13.9. The van der Waals surface area contributed by atoms with Gasteiger partial charge >= 0.3 is 5.97 Å². The van der Waals surface area contributed by atoms with Gasteiger partial charge < -0.3 is 37.5 Å². The molecule has 42 heavy (non-hydrogen) atoms. The quantitative estimate of drug-likeness (QED) is 0.112. The van der Waals surface area contributed by atoms with Gasteiger partial charge in [0.25, 0.3) is 0 Å². The van der Waals surface area contributed by atoms with Crippen LogP contribution < -0.4 is 27.4 Å². The lowest BCUT2D eigenvalue weighted by atomic mass is 10.0. The summed E-state index contributed by atoms with van der Waals surface area (Å²) in [5.74, 6) is -2.99. The molecule has 224 valence electrons. The molecule has 0 aliphatic rings. The zero-order valence-corrected chi connectivity index (χ0v) is 23.4. The number of benzene rings is 2. The van der Waals surface area contributed by atoms with Crippen molar-refractivity contribution >= 4 is 23.7 Å². The van der Waals surface area contributed by atoms with Crippen LogP contribution in [-0.2, 0) is 38.4 Å². The average molecular weight is 578 g/mol. The van der Waals surface area contributed by atoms with Gasteiger partial charge in [-0.15, -0.1) is 0 Å². The monoisotopic (exact) mass is 577 g/mol. The van der Waals surface area contributed by atoms with Crippen molar-refractivity contribution in [2.24, 2.45) is 11.5 Å². The van der Waals surface area contributed by atoms with Crippen LogP contribution >= 0.6 is 0 Å². The molecule has 1 aromatic heterocycles. The molecule has 4 atom stereocenters. The van der Waals surface area contributed by atoms with E-state index in [9.17, 15) is 24.3 Å². The number of carbonyl (C=O) groups excluding carboxylic acids is 3. The molecule has 0 saturated carbocycles. The zero-order chi connectivity index (χ0) is 30.3. The number of aromatic amines is 1. The lowest BCUT2D eigenvalue weighted by molar-refractivity contribution is -0.142. The van der Waals surface area contributed by atoms with E-state index in [1.807, 2.05) is 36.4 Å². The summed E-state index contributed by atoms with van der Waals surface area (Å²) in [4.78, 5) is 58.6. The molecule has 2 aromatic carbocycles. The minimum Gasteiger partial charge on any atom is -0.480 e. The van der Waals surface area contributed by atoms with Gasteiger partial charge in [-0.05, 0) is 43.4 Å². The Labute approximate surface area is 244 Å². The summed E-state index contributed by atoms with van der Waals surface area (Å²) in [7, 11) is 0. The molecule has 0 fully saturated rings. The predicted molar refractivity (Wildman–Crippen MR) is 157 cm³/mol. The number of nitrogens with two attached hydrogens (primary N) is 2. The zero-order valence-electron chi connectivity index (χ0n) is 23.4. The second-order valence-corrected chi connectivity index (χ2v) is 10.1. The van der Waals surface area contributed by atoms with Crippen LogP contribution in [0.15, 0.2) is 73.2 Å². The Morgan fingerprint density at radius 3 is 1.90 bits per heavy atom. The summed E-state index contributed by atoms with van der Waals surface area (Å²) in [6.07, 6.45) is 4.73. The van der Waals surface area contributed by atoms with Gasteiger partial charge in [0.15, 0.2) is 0 Å². The van der Waals surface area contributed by atoms with E-state index in [2.05, 4.69) is 25.9 Å². The van der Waals surface area contributed by atoms with Crippen molar-refractivity contribution < 1.29 is 24.3 Å². The molecule has 3 rings (SSSR count). The van der Waals surface area contributed by atoms with Crippen LogP contribution in [-0.4, -0.2) is 69.5 Å². The van der Waals surface area contributed by atoms with Crippen LogP contribution in [0, 0.1) is 0 Å². The molecular formula is C30H39N7O5. The molecule has 0 bridgehead atoms. The fourth-order valence-corrected chi connectivity index (χ4v) is 4.42. The van der Waals surface area contributed by atoms with Crippen LogP contribution in [0.3, 0.4) is 0 Å². The van der Waals surface area contributed by atoms with Crippen LogP contribution in [0.2, 0.25) is 0 Å². The van der Waals surface area contributed by atoms with E-state index in [1.165, 1.54) is 12.5 Å². The van der Waals surface area contributed by atoms with Gasteiger partial charge in [0.1, 0.15) is 18.1 Å². The highest BCUT2D eigenvalue weighted by Crippen LogP contribution is 2.09. The standard InChI is InChI=1S/C30H39N7O5/c31-14-8-7-13-24(35-27(38)23(32)15-20-9-3-1-4-10-20)28(39)36-25(16-21-11-5-2-6-12-21)29(40)37-26(30(41)42)17-22-18-33-19-34-22/h1-6,9-12,18-19,23-26H,7-8,13-17,31-32H2,(H,33,34)(H,35,38)(H,36,39)(H,37,40)(H,41,42). The average Bonchev–Trinajstić information content (AvgIpc) is 3.50. The van der Waals surface area contributed by atoms with Crippen LogP contribution in [0.25, 0.3) is 0 Å². The first-order valence-corrected chi connectivity index (χ1v) is 13.9. The van der Waals surface area contributed by atoms with Crippen molar-refractivity contribution in [1.82, 2.24) is 25.9 Å². The highest BCUT2D eigenvalue weighted by molar-refractivity contribution is 5.94. The fraction of sp³-hybridized carbons (Fsp3) is 0.367. The lowest BCUT2D eigenvalue weighted by Crippen LogP contribution is -2.58. The normalized spacial score (nSPS) is 13.8. The number of hydrogen-bond donors (Lipinski definition) is 7. The molecule has 1 heterocycles. The Kier molecular flexibility index (Phi) is 12.7. The van der Waals surface area contributed by atoms with Crippen molar-refractivity contribution in [3.8, 4) is 0 Å². The van der Waals surface area contributed by atoms with E-state index in [-0.39, 0.29) is 25.7 Å². The smallest absolute Gasteiger partial charge is 0.326 e. The number of aliphatic carboxylic acids is 1. The maximum absolute atomic E-state index is 13.5. The number of hydrogen-bond acceptors (Lipinski definition) is 7. The summed E-state index contributed by atoms with van der Waals surface area (Å²) in [6.45, 7) is 0.418. The highest BCUT2D eigenvalue weighted by atomic mass is 16.4. The molecule has 0 aliphatic heterocycles. The lowest BCUT2D eigenvalue weighted by Gasteiger charge is -2.25. The number of carboxylic acid groups (broad SMARTS) is 1. The van der Waals surface area contributed by atoms with E-state index in [4.69, 9.17) is 11.5 Å². The number of aromatic nitrogens is 2. The van der Waals surface area contributed by atoms with Gasteiger partial charge in [-0.25, -0.2) is 9.78 Å². The number of amides is 3. The molecule has 12 nitrogen and oxygen atoms in total. The van der Waals surface area contributed by atoms with E-state index >= 15 is 0 Å². The molecular weight excluding hydrogens is 538 g/mol. The minimum absolute atomic E-state index is 0.0237. The maximum Gasteiger partial charge on any atom is 0.326 e. The van der Waals surface area contributed by atoms with E-state index in [0.29, 0.717) is 25.1 Å². The third-order valence-corrected chi connectivity index (χ3v) is 6.72. The van der Waals surface area contributed by atoms with Crippen LogP contribution in [0.4, 0.5) is 0 Å². The molecule has 4 unspecified atom stereocenters. The van der Waals surface area contributed by atoms with E-state index in [0.717, 1.165) is 11.1 Å². The summed E-state index contributed by atoms with van der Waals surface area (Å²) >= 11 is 0. The van der Waals surface area contributed by atoms with Crippen molar-refractivity contribution in [2.45, 2.75) is 62.7 Å². The van der Waals surface area contributed by atoms with Gasteiger partial charge in [-0.3, -0.25) is 14.4 Å². The molecule has 0 aliphatic carbocycles. The van der Waals surface area contributed by atoms with Crippen LogP contribution in [0.1, 0.15) is 36.1 Å². The van der Waals surface area contributed by atoms with Gasteiger partial charge in [0.05, 0.1) is 12.4 Å². The number of nitrogens with one attached hydrogen (secondary N) is 4. The second kappa shape index (κ2) is 16.7. The number of H-pyrrole nitrogens is 1. The number of carboxylic acids is 1. The van der Waals surface area contributed by atoms with Gasteiger partial charge in [-0.1, -0.05) is 60.7 Å². The number of carbonyl (C=O) groups is 4. The molecule has 0 radical (unpaired) electrons. The Morgan fingerprint density at radius 2 is 1.33 bits per heavy atom. The number of rotatable bonds is 17. The summed E-state index contributed by atoms with van der Waals surface area (Å²) in [6, 6.07) is 14.1. The Hall–Kier alpha value is -4.55. The molecule has 3 amide bonds. The Morgan fingerprint density at radius 1 is 0.762 bits per heavy atom. The van der Waals surface area contributed by atoms with Crippen molar-refractivity contribution in [1.29, 1.82) is 0 Å². The summed E-state index contributed by atoms with van der Waals surface area (Å²) in [5.41, 5.74) is 14.0. The fourth-order valence-electron chi connectivity index (χ4n) is 4.42. The van der Waals surface area contributed by atoms with E-state index in [1.54, 1.807) is 24.3 Å². The SMILES string of the molecule is NCCCCC(NC(=O)C(N)Cc1ccccc1)C(=O)NC(Cc1ccccc1)C(=O)NC(Cc1cnc[nH]1)C(=O)O. The minimum atomic E-state index is -1.26. The van der Waals surface area contributed by atoms with Gasteiger partial charge in [0.2, 0.25) is 17.7 Å². The Balaban J connectivity index is 1.75. The predicted octanol–water partition coefficient (Wildman–Crippen LogP) is 0.433. The first kappa shape index (κ1) is 32.0. The third kappa shape index (κ3) is 10.5. The molecule has 3 aromatic rings. The van der Waals surface area contributed by atoms with Gasteiger partial charge in [-0.2, -0.15) is 0 Å². The van der Waals surface area contributed by atoms with Crippen molar-refractivity contribution in [2.75, 3.05) is 6.54 Å². The second-order valence-electron chi connectivity index (χ2n) is 10.1. The van der Waals surface area contributed by atoms with Gasteiger partial charge in [0, 0.05) is 24.7 Å². The number of nitrogens with zero attached hydrogens (tertiary/aromatic N) is 1. The topological polar surface area (TPSA) is 205 Å².